The Hall–Kier alpha value is -1.25. The zero-order chi connectivity index (χ0) is 7.68. The van der Waals surface area contributed by atoms with Crippen molar-refractivity contribution in [3.8, 4) is 0 Å². The quantitative estimate of drug-likeness (QED) is 0.510. The van der Waals surface area contributed by atoms with Crippen molar-refractivity contribution in [1.29, 1.82) is 0 Å². The molecule has 2 rings (SSSR count). The first-order valence-corrected chi connectivity index (χ1v) is 3.51. The minimum Gasteiger partial charge on any atom is -0.292 e. The lowest BCUT2D eigenvalue weighted by Crippen LogP contribution is -2.06. The van der Waals surface area contributed by atoms with Crippen molar-refractivity contribution in [2.24, 2.45) is 4.99 Å². The summed E-state index contributed by atoms with van der Waals surface area (Å²) >= 11 is 0. The maximum atomic E-state index is 12.5. The Balaban J connectivity index is 2.53. The van der Waals surface area contributed by atoms with Crippen molar-refractivity contribution in [2.75, 3.05) is 6.54 Å². The third-order valence-corrected chi connectivity index (χ3v) is 1.68. The molecule has 1 aromatic heterocycles. The molecule has 1 aliphatic rings. The van der Waals surface area contributed by atoms with Crippen LogP contribution in [0, 0.1) is 5.95 Å². The van der Waals surface area contributed by atoms with Gasteiger partial charge in [0.2, 0.25) is 5.95 Å². The van der Waals surface area contributed by atoms with Crippen LogP contribution in [0.5, 0.6) is 0 Å². The number of hydrogen-bond acceptors (Lipinski definition) is 2. The standard InChI is InChI=1S/C8H7FN2/c9-8-2-1-6-5-10-4-3-7(6)11-8/h1-2,5H,3-4H2. The van der Waals surface area contributed by atoms with Crippen molar-refractivity contribution in [1.82, 2.24) is 4.98 Å². The third kappa shape index (κ3) is 1.13. The molecule has 0 saturated heterocycles. The van der Waals surface area contributed by atoms with E-state index >= 15 is 0 Å². The number of fused-ring (bicyclic) bond motifs is 1. The fraction of sp³-hybridized carbons (Fsp3) is 0.250. The predicted molar refractivity (Wildman–Crippen MR) is 40.4 cm³/mol. The first-order chi connectivity index (χ1) is 5.36. The number of nitrogens with zero attached hydrogens (tertiary/aromatic N) is 2. The Morgan fingerprint density at radius 2 is 2.27 bits per heavy atom. The molecule has 0 unspecified atom stereocenters. The van der Waals surface area contributed by atoms with Gasteiger partial charge in [0, 0.05) is 24.7 Å². The second-order valence-corrected chi connectivity index (χ2v) is 2.46. The molecule has 0 atom stereocenters. The van der Waals surface area contributed by atoms with Gasteiger partial charge in [0.1, 0.15) is 0 Å². The Bertz CT molecular complexity index is 307. The molecule has 0 aliphatic carbocycles. The van der Waals surface area contributed by atoms with Crippen molar-refractivity contribution in [3.63, 3.8) is 0 Å². The van der Waals surface area contributed by atoms with Crippen LogP contribution in [0.4, 0.5) is 4.39 Å². The van der Waals surface area contributed by atoms with Gasteiger partial charge in [-0.05, 0) is 12.1 Å². The average molecular weight is 150 g/mol. The largest absolute Gasteiger partial charge is 0.292 e. The number of hydrogen-bond donors (Lipinski definition) is 0. The van der Waals surface area contributed by atoms with Crippen molar-refractivity contribution in [3.05, 3.63) is 29.3 Å². The third-order valence-electron chi connectivity index (χ3n) is 1.68. The van der Waals surface area contributed by atoms with E-state index < -0.39 is 5.95 Å². The summed E-state index contributed by atoms with van der Waals surface area (Å²) in [4.78, 5) is 7.82. The minimum absolute atomic E-state index is 0.404. The average Bonchev–Trinajstić information content (AvgIpc) is 2.04. The zero-order valence-corrected chi connectivity index (χ0v) is 5.92. The number of aromatic nitrogens is 1. The molecule has 11 heavy (non-hydrogen) atoms. The lowest BCUT2D eigenvalue weighted by molar-refractivity contribution is 0.575. The smallest absolute Gasteiger partial charge is 0.213 e. The molecule has 0 radical (unpaired) electrons. The van der Waals surface area contributed by atoms with Crippen LogP contribution in [-0.2, 0) is 6.42 Å². The molecule has 0 amide bonds. The Morgan fingerprint density at radius 1 is 1.36 bits per heavy atom. The SMILES string of the molecule is Fc1ccc2c(n1)CCN=C2. The summed E-state index contributed by atoms with van der Waals surface area (Å²) in [6.45, 7) is 0.726. The van der Waals surface area contributed by atoms with E-state index in [1.165, 1.54) is 6.07 Å². The van der Waals surface area contributed by atoms with Gasteiger partial charge in [-0.1, -0.05) is 0 Å². The Kier molecular flexibility index (Phi) is 1.42. The highest BCUT2D eigenvalue weighted by Gasteiger charge is 2.06. The highest BCUT2D eigenvalue weighted by atomic mass is 19.1. The molecular weight excluding hydrogens is 143 g/mol. The monoisotopic (exact) mass is 150 g/mol. The Labute approximate surface area is 63.8 Å². The molecule has 2 nitrogen and oxygen atoms in total. The second-order valence-electron chi connectivity index (χ2n) is 2.46. The number of halogens is 1. The molecule has 0 spiro atoms. The van der Waals surface area contributed by atoms with Gasteiger partial charge in [0.25, 0.3) is 0 Å². The highest BCUT2D eigenvalue weighted by molar-refractivity contribution is 5.81. The topological polar surface area (TPSA) is 25.2 Å². The molecule has 0 fully saturated rings. The predicted octanol–water partition coefficient (Wildman–Crippen LogP) is 1.20. The van der Waals surface area contributed by atoms with Crippen LogP contribution in [0.3, 0.4) is 0 Å². The van der Waals surface area contributed by atoms with Gasteiger partial charge in [-0.2, -0.15) is 4.39 Å². The van der Waals surface area contributed by atoms with Gasteiger partial charge in [-0.15, -0.1) is 0 Å². The molecule has 2 heterocycles. The molecule has 3 heteroatoms. The van der Waals surface area contributed by atoms with Crippen molar-refractivity contribution in [2.45, 2.75) is 6.42 Å². The van der Waals surface area contributed by atoms with Crippen LogP contribution in [0.1, 0.15) is 11.3 Å². The van der Waals surface area contributed by atoms with Gasteiger partial charge in [0.05, 0.1) is 5.69 Å². The Morgan fingerprint density at radius 3 is 3.18 bits per heavy atom. The highest BCUT2D eigenvalue weighted by Crippen LogP contribution is 2.09. The van der Waals surface area contributed by atoms with Gasteiger partial charge in [-0.3, -0.25) is 4.99 Å². The van der Waals surface area contributed by atoms with Gasteiger partial charge >= 0.3 is 0 Å². The zero-order valence-electron chi connectivity index (χ0n) is 5.92. The van der Waals surface area contributed by atoms with E-state index in [2.05, 4.69) is 9.98 Å². The van der Waals surface area contributed by atoms with E-state index in [9.17, 15) is 4.39 Å². The number of rotatable bonds is 0. The summed E-state index contributed by atoms with van der Waals surface area (Å²) in [5, 5.41) is 0. The van der Waals surface area contributed by atoms with Crippen LogP contribution in [-0.4, -0.2) is 17.7 Å². The molecule has 0 aromatic carbocycles. The molecule has 0 bridgehead atoms. The summed E-state index contributed by atoms with van der Waals surface area (Å²) in [5.41, 5.74) is 1.76. The summed E-state index contributed by atoms with van der Waals surface area (Å²) in [5.74, 6) is -0.404. The molecule has 0 N–H and O–H groups in total. The summed E-state index contributed by atoms with van der Waals surface area (Å²) in [6, 6.07) is 3.07. The fourth-order valence-corrected chi connectivity index (χ4v) is 1.14. The van der Waals surface area contributed by atoms with E-state index in [1.807, 2.05) is 0 Å². The van der Waals surface area contributed by atoms with Crippen LogP contribution in [0.25, 0.3) is 0 Å². The van der Waals surface area contributed by atoms with E-state index in [0.717, 1.165) is 24.2 Å². The van der Waals surface area contributed by atoms with Gasteiger partial charge in [0.15, 0.2) is 0 Å². The van der Waals surface area contributed by atoms with Crippen LogP contribution < -0.4 is 0 Å². The maximum absolute atomic E-state index is 12.5. The minimum atomic E-state index is -0.404. The molecule has 1 aromatic rings. The van der Waals surface area contributed by atoms with Crippen LogP contribution in [0.2, 0.25) is 0 Å². The molecule has 1 aliphatic heterocycles. The molecule has 56 valence electrons. The van der Waals surface area contributed by atoms with Crippen LogP contribution in [0.15, 0.2) is 17.1 Å². The van der Waals surface area contributed by atoms with Gasteiger partial charge in [-0.25, -0.2) is 4.98 Å². The molecule has 0 saturated carbocycles. The van der Waals surface area contributed by atoms with E-state index in [-0.39, 0.29) is 0 Å². The first-order valence-electron chi connectivity index (χ1n) is 3.51. The lowest BCUT2D eigenvalue weighted by Gasteiger charge is -2.06. The van der Waals surface area contributed by atoms with E-state index in [0.29, 0.717) is 0 Å². The van der Waals surface area contributed by atoms with E-state index in [4.69, 9.17) is 0 Å². The number of aliphatic imine (C=N–C) groups is 1. The maximum Gasteiger partial charge on any atom is 0.213 e. The van der Waals surface area contributed by atoms with Crippen molar-refractivity contribution < 1.29 is 4.39 Å². The van der Waals surface area contributed by atoms with E-state index in [1.54, 1.807) is 12.3 Å². The lowest BCUT2D eigenvalue weighted by atomic mass is 10.1. The molecular formula is C8H7FN2. The second kappa shape index (κ2) is 2.42. The van der Waals surface area contributed by atoms with Gasteiger partial charge < -0.3 is 0 Å². The fourth-order valence-electron chi connectivity index (χ4n) is 1.14. The van der Waals surface area contributed by atoms with Crippen molar-refractivity contribution >= 4 is 6.21 Å². The summed E-state index contributed by atoms with van der Waals surface area (Å²) in [7, 11) is 0. The first kappa shape index (κ1) is 6.46. The van der Waals surface area contributed by atoms with Crippen LogP contribution >= 0.6 is 0 Å². The summed E-state index contributed by atoms with van der Waals surface area (Å²) < 4.78 is 12.5. The normalized spacial score (nSPS) is 14.6. The summed E-state index contributed by atoms with van der Waals surface area (Å²) in [6.07, 6.45) is 2.49. The number of pyridine rings is 1.